The topological polar surface area (TPSA) is 61.7 Å². The van der Waals surface area contributed by atoms with Gasteiger partial charge in [0.05, 0.1) is 17.3 Å². The van der Waals surface area contributed by atoms with E-state index < -0.39 is 5.97 Å². The number of aliphatic imine (C=N–C) groups is 1. The van der Waals surface area contributed by atoms with Crippen LogP contribution >= 0.6 is 0 Å². The second-order valence-electron chi connectivity index (χ2n) is 8.34. The minimum atomic E-state index is -0.923. The van der Waals surface area contributed by atoms with Gasteiger partial charge in [-0.3, -0.25) is 4.99 Å². The van der Waals surface area contributed by atoms with E-state index in [-0.39, 0.29) is 11.6 Å². The predicted octanol–water partition coefficient (Wildman–Crippen LogP) is 6.27. The summed E-state index contributed by atoms with van der Waals surface area (Å²) in [6.07, 6.45) is 7.53. The number of benzene rings is 3. The van der Waals surface area contributed by atoms with Gasteiger partial charge in [-0.2, -0.15) is 0 Å². The maximum absolute atomic E-state index is 11.0. The summed E-state index contributed by atoms with van der Waals surface area (Å²) in [6, 6.07) is 22.1. The van der Waals surface area contributed by atoms with Crippen molar-refractivity contribution in [2.24, 2.45) is 10.9 Å². The van der Waals surface area contributed by atoms with Crippen LogP contribution in [0.1, 0.15) is 51.0 Å². The molecule has 0 unspecified atom stereocenters. The molecule has 0 saturated carbocycles. The number of hydrogen-bond donors (Lipinski definition) is 2. The lowest BCUT2D eigenvalue weighted by atomic mass is 9.76. The Balaban J connectivity index is 1.35. The summed E-state index contributed by atoms with van der Waals surface area (Å²) >= 11 is 0. The third-order valence-corrected chi connectivity index (χ3v) is 6.29. The van der Waals surface area contributed by atoms with Gasteiger partial charge >= 0.3 is 5.97 Å². The molecule has 0 bridgehead atoms. The van der Waals surface area contributed by atoms with Crippen LogP contribution in [0.25, 0.3) is 0 Å². The normalized spacial score (nSPS) is 21.5. The van der Waals surface area contributed by atoms with Crippen molar-refractivity contribution >= 4 is 23.6 Å². The number of carboxylic acid groups (broad SMARTS) is 1. The monoisotopic (exact) mass is 408 g/mol. The second kappa shape index (κ2) is 7.88. The molecule has 3 atom stereocenters. The van der Waals surface area contributed by atoms with E-state index >= 15 is 0 Å². The number of anilines is 1. The van der Waals surface area contributed by atoms with Gasteiger partial charge in [-0.25, -0.2) is 4.79 Å². The highest BCUT2D eigenvalue weighted by molar-refractivity contribution is 5.89. The number of carbonyl (C=O) groups is 1. The van der Waals surface area contributed by atoms with E-state index in [0.29, 0.717) is 11.8 Å². The maximum Gasteiger partial charge on any atom is 0.335 e. The van der Waals surface area contributed by atoms with Gasteiger partial charge in [0.2, 0.25) is 0 Å². The van der Waals surface area contributed by atoms with E-state index in [9.17, 15) is 4.79 Å². The Hall–Kier alpha value is -3.66. The molecule has 3 aromatic rings. The molecule has 4 nitrogen and oxygen atoms in total. The third-order valence-electron chi connectivity index (χ3n) is 6.29. The quantitative estimate of drug-likeness (QED) is 0.395. The molecule has 31 heavy (non-hydrogen) atoms. The average molecular weight is 409 g/mol. The van der Waals surface area contributed by atoms with Crippen molar-refractivity contribution in [3.8, 4) is 0 Å². The minimum Gasteiger partial charge on any atom is -0.478 e. The molecule has 1 aliphatic carbocycles. The first-order valence-electron chi connectivity index (χ1n) is 10.6. The van der Waals surface area contributed by atoms with Crippen molar-refractivity contribution in [2.75, 3.05) is 5.32 Å². The van der Waals surface area contributed by atoms with Gasteiger partial charge < -0.3 is 10.4 Å². The third kappa shape index (κ3) is 3.77. The number of aromatic carboxylic acids is 1. The number of rotatable bonds is 4. The molecule has 3 aromatic carbocycles. The fourth-order valence-corrected chi connectivity index (χ4v) is 4.67. The summed E-state index contributed by atoms with van der Waals surface area (Å²) in [5.74, 6) is 0.0666. The smallest absolute Gasteiger partial charge is 0.335 e. The highest BCUT2D eigenvalue weighted by atomic mass is 16.4. The fraction of sp³-hybridized carbons (Fsp3) is 0.185. The highest BCUT2D eigenvalue weighted by Gasteiger charge is 2.37. The predicted molar refractivity (Wildman–Crippen MR) is 125 cm³/mol. The van der Waals surface area contributed by atoms with Crippen molar-refractivity contribution < 1.29 is 9.90 Å². The van der Waals surface area contributed by atoms with Crippen LogP contribution in [-0.4, -0.2) is 17.3 Å². The van der Waals surface area contributed by atoms with Crippen LogP contribution in [-0.2, 0) is 0 Å². The number of carboxylic acids is 1. The zero-order valence-electron chi connectivity index (χ0n) is 17.3. The van der Waals surface area contributed by atoms with Crippen LogP contribution in [0.15, 0.2) is 83.9 Å². The Morgan fingerprint density at radius 3 is 2.58 bits per heavy atom. The van der Waals surface area contributed by atoms with E-state index in [0.717, 1.165) is 17.7 Å². The van der Waals surface area contributed by atoms with Gasteiger partial charge in [0, 0.05) is 17.8 Å². The largest absolute Gasteiger partial charge is 0.478 e. The van der Waals surface area contributed by atoms with Crippen LogP contribution in [0.4, 0.5) is 11.4 Å². The fourth-order valence-electron chi connectivity index (χ4n) is 4.67. The Morgan fingerprint density at radius 1 is 1.06 bits per heavy atom. The number of allylic oxidation sites excluding steroid dienone is 2. The van der Waals surface area contributed by atoms with Gasteiger partial charge in [-0.1, -0.05) is 54.1 Å². The van der Waals surface area contributed by atoms with E-state index in [1.165, 1.54) is 22.4 Å². The van der Waals surface area contributed by atoms with Crippen LogP contribution in [0.2, 0.25) is 0 Å². The van der Waals surface area contributed by atoms with Crippen LogP contribution < -0.4 is 5.32 Å². The van der Waals surface area contributed by atoms with E-state index in [2.05, 4.69) is 59.7 Å². The summed E-state index contributed by atoms with van der Waals surface area (Å²) in [5, 5.41) is 12.8. The van der Waals surface area contributed by atoms with Crippen molar-refractivity contribution in [3.63, 3.8) is 0 Å². The zero-order chi connectivity index (χ0) is 21.4. The van der Waals surface area contributed by atoms with E-state index in [1.807, 2.05) is 12.1 Å². The van der Waals surface area contributed by atoms with Crippen molar-refractivity contribution in [3.05, 3.63) is 107 Å². The molecule has 0 aromatic heterocycles. The molecule has 4 heteroatoms. The molecule has 0 spiro atoms. The number of hydrogen-bond acceptors (Lipinski definition) is 3. The first kappa shape index (κ1) is 19.3. The summed E-state index contributed by atoms with van der Waals surface area (Å²) < 4.78 is 0. The van der Waals surface area contributed by atoms with Crippen LogP contribution in [0.5, 0.6) is 0 Å². The minimum absolute atomic E-state index is 0.275. The second-order valence-corrected chi connectivity index (χ2v) is 8.34. The van der Waals surface area contributed by atoms with Gasteiger partial charge in [0.1, 0.15) is 0 Å². The van der Waals surface area contributed by atoms with Gasteiger partial charge in [-0.05, 0) is 66.3 Å². The lowest BCUT2D eigenvalue weighted by Gasteiger charge is -2.37. The molecule has 1 aliphatic heterocycles. The van der Waals surface area contributed by atoms with Crippen molar-refractivity contribution in [1.29, 1.82) is 0 Å². The molecular weight excluding hydrogens is 384 g/mol. The molecular formula is C27H24N2O2. The number of nitrogens with one attached hydrogen (secondary N) is 1. The van der Waals surface area contributed by atoms with Gasteiger partial charge in [-0.15, -0.1) is 0 Å². The molecule has 0 amide bonds. The molecule has 5 rings (SSSR count). The summed E-state index contributed by atoms with van der Waals surface area (Å²) in [7, 11) is 0. The van der Waals surface area contributed by atoms with E-state index in [1.54, 1.807) is 30.5 Å². The number of fused-ring (bicyclic) bond motifs is 3. The average Bonchev–Trinajstić information content (AvgIpc) is 3.28. The zero-order valence-corrected chi connectivity index (χ0v) is 17.3. The molecule has 1 heterocycles. The standard InChI is InChI=1S/C27H24N2O2/c1-17-5-14-25-24(15-17)22-3-2-4-23(22)26(29-25)19-10-12-21(13-11-19)28-16-18-6-8-20(9-7-18)27(30)31/h2-3,5-16,22-23,26,29H,4H2,1H3,(H,30,31)/t22-,23+,26-/m1/s1. The Morgan fingerprint density at radius 2 is 1.84 bits per heavy atom. The Bertz CT molecular complexity index is 1180. The summed E-state index contributed by atoms with van der Waals surface area (Å²) in [4.78, 5) is 15.5. The number of nitrogens with zero attached hydrogens (tertiary/aromatic N) is 1. The van der Waals surface area contributed by atoms with Crippen molar-refractivity contribution in [1.82, 2.24) is 0 Å². The molecule has 2 N–H and O–H groups in total. The maximum atomic E-state index is 11.0. The van der Waals surface area contributed by atoms with Gasteiger partial charge in [0.15, 0.2) is 0 Å². The van der Waals surface area contributed by atoms with Crippen molar-refractivity contribution in [2.45, 2.75) is 25.3 Å². The summed E-state index contributed by atoms with van der Waals surface area (Å²) in [6.45, 7) is 2.15. The molecule has 0 radical (unpaired) electrons. The Kier molecular flexibility index (Phi) is 4.91. The first-order chi connectivity index (χ1) is 15.1. The van der Waals surface area contributed by atoms with Crippen LogP contribution in [0.3, 0.4) is 0 Å². The molecule has 154 valence electrons. The Labute approximate surface area is 182 Å². The lowest BCUT2D eigenvalue weighted by molar-refractivity contribution is 0.0697. The van der Waals surface area contributed by atoms with Crippen LogP contribution in [0, 0.1) is 12.8 Å². The molecule has 0 fully saturated rings. The number of aryl methyl sites for hydroxylation is 1. The molecule has 2 aliphatic rings. The lowest BCUT2D eigenvalue weighted by Crippen LogP contribution is -2.29. The van der Waals surface area contributed by atoms with Gasteiger partial charge in [0.25, 0.3) is 0 Å². The molecule has 0 saturated heterocycles. The van der Waals surface area contributed by atoms with E-state index in [4.69, 9.17) is 5.11 Å². The summed E-state index contributed by atoms with van der Waals surface area (Å²) in [5.41, 5.74) is 7.24. The SMILES string of the molecule is Cc1ccc2c(c1)[C@@H]1C=CC[C@@H]1[C@@H](c1ccc(N=Cc3ccc(C(=O)O)cc3)cc1)N2. The highest BCUT2D eigenvalue weighted by Crippen LogP contribution is 2.49. The first-order valence-corrected chi connectivity index (χ1v) is 10.6.